The third-order valence-corrected chi connectivity index (χ3v) is 8.35. The van der Waals surface area contributed by atoms with E-state index in [1.54, 1.807) is 19.1 Å². The van der Waals surface area contributed by atoms with E-state index >= 15 is 0 Å². The van der Waals surface area contributed by atoms with Crippen LogP contribution in [0.15, 0.2) is 48.5 Å². The zero-order valence-electron chi connectivity index (χ0n) is 29.8. The van der Waals surface area contributed by atoms with Crippen LogP contribution in [0.3, 0.4) is 0 Å². The summed E-state index contributed by atoms with van der Waals surface area (Å²) < 4.78 is 27.2. The number of carbonyl (C=O) groups excluding carboxylic acids is 4. The summed E-state index contributed by atoms with van der Waals surface area (Å²) in [5.41, 5.74) is 1.39. The van der Waals surface area contributed by atoms with Gasteiger partial charge in [-0.2, -0.15) is 0 Å². The molecule has 2 atom stereocenters. The fourth-order valence-corrected chi connectivity index (χ4v) is 4.83. The number of rotatable bonds is 23. The van der Waals surface area contributed by atoms with E-state index in [1.165, 1.54) is 13.8 Å². The lowest BCUT2D eigenvalue weighted by Gasteiger charge is -2.28. The summed E-state index contributed by atoms with van der Waals surface area (Å²) in [6, 6.07) is 15.5. The van der Waals surface area contributed by atoms with Gasteiger partial charge in [0.1, 0.15) is 30.5 Å². The van der Waals surface area contributed by atoms with Crippen LogP contribution in [-0.2, 0) is 33.3 Å². The Labute approximate surface area is 287 Å². The fraction of sp³-hybridized carbons (Fsp3) is 0.590. The Kier molecular flexibility index (Phi) is 18.4. The van der Waals surface area contributed by atoms with Crippen molar-refractivity contribution in [3.05, 3.63) is 54.1 Å². The van der Waals surface area contributed by atoms with E-state index in [0.717, 1.165) is 74.7 Å². The van der Waals surface area contributed by atoms with Crippen molar-refractivity contribution >= 4 is 23.9 Å². The van der Waals surface area contributed by atoms with Gasteiger partial charge in [0.2, 0.25) is 0 Å². The molecule has 266 valence electrons. The third kappa shape index (κ3) is 15.3. The highest BCUT2D eigenvalue weighted by Crippen LogP contribution is 2.25. The first-order chi connectivity index (χ1) is 23.0. The van der Waals surface area contributed by atoms with Crippen molar-refractivity contribution < 1.29 is 42.9 Å². The van der Waals surface area contributed by atoms with Gasteiger partial charge in [-0.05, 0) is 73.9 Å². The molecule has 2 unspecified atom stereocenters. The molecule has 2 rings (SSSR count). The number of unbranched alkanes of at least 4 members (excludes halogenated alkanes) is 6. The van der Waals surface area contributed by atoms with Crippen LogP contribution >= 0.6 is 0 Å². The van der Waals surface area contributed by atoms with E-state index < -0.39 is 23.3 Å². The summed E-state index contributed by atoms with van der Waals surface area (Å²) in [6.45, 7) is 10.9. The standard InChI is InChI=1S/C39H56O9/c1-7-29(3)26-45-37(42)34-19-17-32(18-20-34)33-21-23-36(24-22-33)44-25-15-13-11-9-10-12-14-16-35(8-2)48-38(43)39(6,27-46-30(4)40)28-47-31(5)41/h17-24,29,35H,7-16,25-28H2,1-6H3. The Bertz CT molecular complexity index is 1240. The zero-order valence-corrected chi connectivity index (χ0v) is 29.8. The highest BCUT2D eigenvalue weighted by molar-refractivity contribution is 5.90. The first kappa shape index (κ1) is 40.3. The number of benzene rings is 2. The van der Waals surface area contributed by atoms with E-state index in [0.29, 0.717) is 31.1 Å². The lowest BCUT2D eigenvalue weighted by atomic mass is 9.92. The van der Waals surface area contributed by atoms with Crippen molar-refractivity contribution in [3.63, 3.8) is 0 Å². The number of esters is 4. The molecule has 0 aliphatic rings. The lowest BCUT2D eigenvalue weighted by Crippen LogP contribution is -2.41. The topological polar surface area (TPSA) is 114 Å². The van der Waals surface area contributed by atoms with Crippen molar-refractivity contribution in [2.75, 3.05) is 26.4 Å². The minimum absolute atomic E-state index is 0.211. The molecule has 9 heteroatoms. The molecule has 48 heavy (non-hydrogen) atoms. The molecule has 9 nitrogen and oxygen atoms in total. The minimum Gasteiger partial charge on any atom is -0.494 e. The van der Waals surface area contributed by atoms with Gasteiger partial charge >= 0.3 is 23.9 Å². The molecule has 0 radical (unpaired) electrons. The van der Waals surface area contributed by atoms with E-state index in [-0.39, 0.29) is 25.3 Å². The summed E-state index contributed by atoms with van der Waals surface area (Å²) in [5, 5.41) is 0. The van der Waals surface area contributed by atoms with Crippen molar-refractivity contribution in [2.24, 2.45) is 11.3 Å². The minimum atomic E-state index is -1.25. The second-order valence-corrected chi connectivity index (χ2v) is 12.9. The average Bonchev–Trinajstić information content (AvgIpc) is 3.09. The van der Waals surface area contributed by atoms with Gasteiger partial charge in [0.15, 0.2) is 0 Å². The Morgan fingerprint density at radius 3 is 1.73 bits per heavy atom. The number of carbonyl (C=O) groups is 4. The van der Waals surface area contributed by atoms with E-state index in [2.05, 4.69) is 13.8 Å². The average molecular weight is 669 g/mol. The van der Waals surface area contributed by atoms with Crippen LogP contribution in [0.4, 0.5) is 0 Å². The van der Waals surface area contributed by atoms with Crippen LogP contribution in [0.2, 0.25) is 0 Å². The molecule has 0 amide bonds. The molecular formula is C39H56O9. The molecule has 0 N–H and O–H groups in total. The molecule has 0 bridgehead atoms. The molecule has 0 aliphatic carbocycles. The summed E-state index contributed by atoms with van der Waals surface area (Å²) in [7, 11) is 0. The highest BCUT2D eigenvalue weighted by atomic mass is 16.6. The van der Waals surface area contributed by atoms with Crippen LogP contribution < -0.4 is 4.74 Å². The molecule has 2 aromatic rings. The largest absolute Gasteiger partial charge is 0.494 e. The first-order valence-corrected chi connectivity index (χ1v) is 17.5. The molecule has 0 spiro atoms. The predicted molar refractivity (Wildman–Crippen MR) is 186 cm³/mol. The summed E-state index contributed by atoms with van der Waals surface area (Å²) in [6.07, 6.45) is 9.65. The zero-order chi connectivity index (χ0) is 35.4. The molecular weight excluding hydrogens is 612 g/mol. The van der Waals surface area contributed by atoms with Crippen molar-refractivity contribution in [1.82, 2.24) is 0 Å². The maximum atomic E-state index is 12.9. The molecule has 0 aliphatic heterocycles. The van der Waals surface area contributed by atoms with Gasteiger partial charge in [-0.25, -0.2) is 4.79 Å². The quantitative estimate of drug-likeness (QED) is 0.0653. The van der Waals surface area contributed by atoms with Crippen molar-refractivity contribution in [3.8, 4) is 16.9 Å². The van der Waals surface area contributed by atoms with E-state index in [1.807, 2.05) is 43.3 Å². The van der Waals surface area contributed by atoms with Gasteiger partial charge in [-0.3, -0.25) is 14.4 Å². The first-order valence-electron chi connectivity index (χ1n) is 17.5. The Morgan fingerprint density at radius 2 is 1.21 bits per heavy atom. The van der Waals surface area contributed by atoms with Gasteiger partial charge in [0.25, 0.3) is 0 Å². The summed E-state index contributed by atoms with van der Waals surface area (Å²) >= 11 is 0. The number of hydrogen-bond acceptors (Lipinski definition) is 9. The normalized spacial score (nSPS) is 12.5. The molecule has 2 aromatic carbocycles. The van der Waals surface area contributed by atoms with Gasteiger partial charge < -0.3 is 23.7 Å². The van der Waals surface area contributed by atoms with Gasteiger partial charge in [-0.15, -0.1) is 0 Å². The highest BCUT2D eigenvalue weighted by Gasteiger charge is 2.39. The number of ether oxygens (including phenoxy) is 5. The third-order valence-electron chi connectivity index (χ3n) is 8.35. The molecule has 0 fully saturated rings. The van der Waals surface area contributed by atoms with Crippen LogP contribution in [0.25, 0.3) is 11.1 Å². The van der Waals surface area contributed by atoms with E-state index in [9.17, 15) is 19.2 Å². The lowest BCUT2D eigenvalue weighted by molar-refractivity contribution is -0.173. The molecule has 0 heterocycles. The van der Waals surface area contributed by atoms with Crippen LogP contribution in [0.1, 0.15) is 116 Å². The fourth-order valence-electron chi connectivity index (χ4n) is 4.83. The monoisotopic (exact) mass is 668 g/mol. The molecule has 0 saturated heterocycles. The second kappa shape index (κ2) is 21.9. The van der Waals surface area contributed by atoms with Crippen LogP contribution in [0, 0.1) is 11.3 Å². The smallest absolute Gasteiger partial charge is 0.338 e. The summed E-state index contributed by atoms with van der Waals surface area (Å²) in [4.78, 5) is 47.8. The van der Waals surface area contributed by atoms with Crippen molar-refractivity contribution in [2.45, 2.75) is 112 Å². The Balaban J connectivity index is 1.61. The van der Waals surface area contributed by atoms with Crippen LogP contribution in [0.5, 0.6) is 5.75 Å². The maximum Gasteiger partial charge on any atom is 0.338 e. The van der Waals surface area contributed by atoms with Gasteiger partial charge in [0.05, 0.1) is 18.8 Å². The summed E-state index contributed by atoms with van der Waals surface area (Å²) in [5.74, 6) is -0.649. The molecule has 0 saturated carbocycles. The van der Waals surface area contributed by atoms with E-state index in [4.69, 9.17) is 23.7 Å². The van der Waals surface area contributed by atoms with Gasteiger partial charge in [-0.1, -0.05) is 83.6 Å². The molecule has 0 aromatic heterocycles. The van der Waals surface area contributed by atoms with Crippen LogP contribution in [-0.4, -0.2) is 56.4 Å². The SMILES string of the molecule is CCC(C)COC(=O)c1ccc(-c2ccc(OCCCCCCCCCC(CC)OC(=O)C(C)(COC(C)=O)COC(C)=O)cc2)cc1. The maximum absolute atomic E-state index is 12.9. The van der Waals surface area contributed by atoms with Crippen molar-refractivity contribution in [1.29, 1.82) is 0 Å². The van der Waals surface area contributed by atoms with Gasteiger partial charge in [0, 0.05) is 13.8 Å². The predicted octanol–water partition coefficient (Wildman–Crippen LogP) is 8.51. The Morgan fingerprint density at radius 1 is 0.688 bits per heavy atom. The second-order valence-electron chi connectivity index (χ2n) is 12.9. The number of hydrogen-bond donors (Lipinski definition) is 0. The Hall–Kier alpha value is -3.88.